The third kappa shape index (κ3) is 2.91. The number of hydrogen-bond acceptors (Lipinski definition) is 7. The van der Waals surface area contributed by atoms with E-state index in [9.17, 15) is 19.7 Å². The first-order valence-corrected chi connectivity index (χ1v) is 6.80. The molecule has 0 bridgehead atoms. The molecule has 1 aromatic carbocycles. The predicted molar refractivity (Wildman–Crippen MR) is 71.5 cm³/mol. The Bertz CT molecular complexity index is 612. The van der Waals surface area contributed by atoms with Crippen LogP contribution in [0.2, 0.25) is 0 Å². The maximum absolute atomic E-state index is 11.7. The fourth-order valence-corrected chi connectivity index (χ4v) is 2.76. The molecule has 1 aromatic rings. The molecule has 0 radical (unpaired) electrons. The zero-order valence-electron chi connectivity index (χ0n) is 11.5. The summed E-state index contributed by atoms with van der Waals surface area (Å²) < 4.78 is 15.4. The van der Waals surface area contributed by atoms with Gasteiger partial charge < -0.3 is 14.2 Å². The predicted octanol–water partition coefficient (Wildman–Crippen LogP) is 1.86. The minimum Gasteiger partial charge on any atom is -0.431 e. The Morgan fingerprint density at radius 2 is 2.00 bits per heavy atom. The number of nitro groups is 1. The van der Waals surface area contributed by atoms with Crippen LogP contribution in [0.3, 0.4) is 0 Å². The first-order chi connectivity index (χ1) is 10.5. The molecule has 0 amide bonds. The van der Waals surface area contributed by atoms with Crippen LogP contribution >= 0.6 is 0 Å². The summed E-state index contributed by atoms with van der Waals surface area (Å²) in [7, 11) is 0. The summed E-state index contributed by atoms with van der Waals surface area (Å²) in [6.07, 6.45) is -0.564. The third-order valence-corrected chi connectivity index (χ3v) is 3.83. The largest absolute Gasteiger partial charge is 0.514 e. The van der Waals surface area contributed by atoms with Crippen molar-refractivity contribution in [1.29, 1.82) is 0 Å². The Balaban J connectivity index is 1.53. The lowest BCUT2D eigenvalue weighted by atomic mass is 10.0. The van der Waals surface area contributed by atoms with Crippen molar-refractivity contribution in [2.24, 2.45) is 5.92 Å². The van der Waals surface area contributed by atoms with Crippen molar-refractivity contribution < 1.29 is 28.7 Å². The Morgan fingerprint density at radius 3 is 2.64 bits per heavy atom. The SMILES string of the molecule is O=C(Oc1ccc([N+](=O)[O-])cc1)O[C@@H]1C[C@@H]2C(=O)CO[C@@H]2C1. The lowest BCUT2D eigenvalue weighted by molar-refractivity contribution is -0.384. The van der Waals surface area contributed by atoms with Crippen molar-refractivity contribution in [3.05, 3.63) is 34.4 Å². The van der Waals surface area contributed by atoms with Crippen molar-refractivity contribution in [2.75, 3.05) is 6.61 Å². The van der Waals surface area contributed by atoms with Crippen molar-refractivity contribution in [3.8, 4) is 5.75 Å². The van der Waals surface area contributed by atoms with E-state index >= 15 is 0 Å². The maximum Gasteiger partial charge on any atom is 0.514 e. The summed E-state index contributed by atoms with van der Waals surface area (Å²) in [5, 5.41) is 10.5. The van der Waals surface area contributed by atoms with Crippen LogP contribution in [-0.2, 0) is 14.3 Å². The van der Waals surface area contributed by atoms with Crippen molar-refractivity contribution in [2.45, 2.75) is 25.0 Å². The molecule has 2 fully saturated rings. The molecule has 3 atom stereocenters. The number of nitrogens with zero attached hydrogens (tertiary/aromatic N) is 1. The molecule has 1 heterocycles. The Hall–Kier alpha value is -2.48. The minimum absolute atomic E-state index is 0.0415. The molecule has 1 aliphatic carbocycles. The van der Waals surface area contributed by atoms with Gasteiger partial charge in [0.25, 0.3) is 5.69 Å². The summed E-state index contributed by atoms with van der Waals surface area (Å²) in [5.74, 6) is -0.00173. The second-order valence-corrected chi connectivity index (χ2v) is 5.24. The molecule has 1 saturated carbocycles. The number of fused-ring (bicyclic) bond motifs is 1. The van der Waals surface area contributed by atoms with E-state index in [1.807, 2.05) is 0 Å². The summed E-state index contributed by atoms with van der Waals surface area (Å²) in [4.78, 5) is 33.2. The number of carbonyl (C=O) groups excluding carboxylic acids is 2. The quantitative estimate of drug-likeness (QED) is 0.363. The monoisotopic (exact) mass is 307 g/mol. The molecule has 0 spiro atoms. The van der Waals surface area contributed by atoms with E-state index in [0.717, 1.165) is 0 Å². The van der Waals surface area contributed by atoms with E-state index in [0.29, 0.717) is 12.8 Å². The number of benzene rings is 1. The molecule has 8 heteroatoms. The lowest BCUT2D eigenvalue weighted by Crippen LogP contribution is -2.20. The molecule has 1 aliphatic heterocycles. The molecular weight excluding hydrogens is 294 g/mol. The molecule has 0 aromatic heterocycles. The second kappa shape index (κ2) is 5.72. The normalized spacial score (nSPS) is 26.5. The van der Waals surface area contributed by atoms with Gasteiger partial charge in [0.2, 0.25) is 0 Å². The van der Waals surface area contributed by atoms with Gasteiger partial charge in [-0.15, -0.1) is 0 Å². The second-order valence-electron chi connectivity index (χ2n) is 5.24. The number of ether oxygens (including phenoxy) is 3. The zero-order chi connectivity index (χ0) is 15.7. The third-order valence-electron chi connectivity index (χ3n) is 3.83. The van der Waals surface area contributed by atoms with Gasteiger partial charge in [0.1, 0.15) is 18.5 Å². The van der Waals surface area contributed by atoms with Gasteiger partial charge in [-0.25, -0.2) is 4.79 Å². The van der Waals surface area contributed by atoms with Gasteiger partial charge in [-0.2, -0.15) is 0 Å². The van der Waals surface area contributed by atoms with E-state index in [4.69, 9.17) is 14.2 Å². The molecule has 0 N–H and O–H groups in total. The number of hydrogen-bond donors (Lipinski definition) is 0. The average molecular weight is 307 g/mol. The fraction of sp³-hybridized carbons (Fsp3) is 0.429. The smallest absolute Gasteiger partial charge is 0.431 e. The number of ketones is 1. The van der Waals surface area contributed by atoms with Gasteiger partial charge in [-0.1, -0.05) is 0 Å². The van der Waals surface area contributed by atoms with Crippen LogP contribution < -0.4 is 4.74 Å². The zero-order valence-corrected chi connectivity index (χ0v) is 11.5. The topological polar surface area (TPSA) is 105 Å². The van der Waals surface area contributed by atoms with E-state index in [1.165, 1.54) is 24.3 Å². The maximum atomic E-state index is 11.7. The Kier molecular flexibility index (Phi) is 3.76. The van der Waals surface area contributed by atoms with E-state index in [1.54, 1.807) is 0 Å². The van der Waals surface area contributed by atoms with Crippen LogP contribution in [0.25, 0.3) is 0 Å². The number of carbonyl (C=O) groups is 2. The van der Waals surface area contributed by atoms with Crippen LogP contribution in [0.5, 0.6) is 5.75 Å². The summed E-state index contributed by atoms with van der Waals surface area (Å²) in [6.45, 7) is 0.134. The summed E-state index contributed by atoms with van der Waals surface area (Å²) >= 11 is 0. The highest BCUT2D eigenvalue weighted by atomic mass is 16.7. The average Bonchev–Trinajstić information content (AvgIpc) is 3.01. The lowest BCUT2D eigenvalue weighted by Gasteiger charge is -2.12. The molecule has 22 heavy (non-hydrogen) atoms. The van der Waals surface area contributed by atoms with Gasteiger partial charge >= 0.3 is 6.16 Å². The Morgan fingerprint density at radius 1 is 1.27 bits per heavy atom. The number of rotatable bonds is 3. The first kappa shape index (κ1) is 14.5. The molecule has 8 nitrogen and oxygen atoms in total. The van der Waals surface area contributed by atoms with Crippen molar-refractivity contribution >= 4 is 17.6 Å². The van der Waals surface area contributed by atoms with Gasteiger partial charge in [-0.3, -0.25) is 14.9 Å². The van der Waals surface area contributed by atoms with Crippen LogP contribution in [0.4, 0.5) is 10.5 Å². The highest BCUT2D eigenvalue weighted by Crippen LogP contribution is 2.35. The molecule has 0 unspecified atom stereocenters. The first-order valence-electron chi connectivity index (χ1n) is 6.80. The fourth-order valence-electron chi connectivity index (χ4n) is 2.76. The Labute approximate surface area is 125 Å². The highest BCUT2D eigenvalue weighted by Gasteiger charge is 2.45. The van der Waals surface area contributed by atoms with Gasteiger partial charge in [0, 0.05) is 24.5 Å². The van der Waals surface area contributed by atoms with Crippen LogP contribution in [-0.4, -0.2) is 35.7 Å². The van der Waals surface area contributed by atoms with Crippen LogP contribution in [0.15, 0.2) is 24.3 Å². The van der Waals surface area contributed by atoms with Gasteiger partial charge in [-0.05, 0) is 18.6 Å². The van der Waals surface area contributed by atoms with Crippen molar-refractivity contribution in [1.82, 2.24) is 0 Å². The molecular formula is C14H13NO7. The van der Waals surface area contributed by atoms with Crippen LogP contribution in [0.1, 0.15) is 12.8 Å². The van der Waals surface area contributed by atoms with E-state index < -0.39 is 17.2 Å². The van der Waals surface area contributed by atoms with Crippen molar-refractivity contribution in [3.63, 3.8) is 0 Å². The number of Topliss-reactive ketones (excluding diaryl/α,β-unsaturated/α-hetero) is 1. The van der Waals surface area contributed by atoms with Gasteiger partial charge in [0.15, 0.2) is 5.78 Å². The molecule has 3 rings (SSSR count). The summed E-state index contributed by atoms with van der Waals surface area (Å²) in [5.41, 5.74) is -0.0972. The van der Waals surface area contributed by atoms with E-state index in [-0.39, 0.29) is 35.8 Å². The minimum atomic E-state index is -0.897. The highest BCUT2D eigenvalue weighted by molar-refractivity contribution is 5.85. The number of non-ortho nitro benzene ring substituents is 1. The van der Waals surface area contributed by atoms with E-state index in [2.05, 4.69) is 0 Å². The standard InChI is InChI=1S/C14H13NO7/c16-12-7-20-13-6-10(5-11(12)13)22-14(17)21-9-3-1-8(2-4-9)15(18)19/h1-4,10-11,13H,5-7H2/t10-,11-,13-/m1/s1. The van der Waals surface area contributed by atoms with Crippen LogP contribution in [0, 0.1) is 16.0 Å². The molecule has 116 valence electrons. The number of nitro benzene ring substituents is 1. The van der Waals surface area contributed by atoms with Gasteiger partial charge in [0.05, 0.1) is 11.0 Å². The molecule has 1 saturated heterocycles. The molecule has 2 aliphatic rings. The summed E-state index contributed by atoms with van der Waals surface area (Å²) in [6, 6.07) is 5.09.